The van der Waals surface area contributed by atoms with Gasteiger partial charge in [0.05, 0.1) is 5.25 Å². The molecule has 0 spiro atoms. The van der Waals surface area contributed by atoms with Gasteiger partial charge < -0.3 is 5.32 Å². The van der Waals surface area contributed by atoms with Gasteiger partial charge in [-0.1, -0.05) is 6.42 Å². The molecule has 17 heavy (non-hydrogen) atoms. The third kappa shape index (κ3) is 3.20. The maximum absolute atomic E-state index is 12.3. The van der Waals surface area contributed by atoms with E-state index in [9.17, 15) is 8.42 Å². The van der Waals surface area contributed by atoms with Crippen LogP contribution in [0.4, 0.5) is 0 Å². The maximum Gasteiger partial charge on any atom is 0.217 e. The molecule has 1 saturated carbocycles. The van der Waals surface area contributed by atoms with E-state index >= 15 is 0 Å². The van der Waals surface area contributed by atoms with Crippen LogP contribution in [0.5, 0.6) is 0 Å². The fourth-order valence-electron chi connectivity index (χ4n) is 2.46. The summed E-state index contributed by atoms with van der Waals surface area (Å²) in [5, 5.41) is 3.34. The molecule has 1 heterocycles. The summed E-state index contributed by atoms with van der Waals surface area (Å²) in [4.78, 5) is 0. The fraction of sp³-hybridized carbons (Fsp3) is 1.00. The first-order valence-electron chi connectivity index (χ1n) is 6.76. The van der Waals surface area contributed by atoms with Crippen molar-refractivity contribution in [2.24, 2.45) is 0 Å². The van der Waals surface area contributed by atoms with E-state index in [-0.39, 0.29) is 11.3 Å². The molecule has 0 aromatic rings. The molecule has 1 aliphatic carbocycles. The standard InChI is InChI=1S/C12H24N2O2S/c1-10(2)14(17(15,16)12-6-7-12)9-11-5-3-4-8-13-11/h10-13H,3-9H2,1-2H3. The van der Waals surface area contributed by atoms with Gasteiger partial charge in [0, 0.05) is 18.6 Å². The Labute approximate surface area is 105 Å². The van der Waals surface area contributed by atoms with Crippen molar-refractivity contribution in [2.45, 2.75) is 63.3 Å². The summed E-state index contributed by atoms with van der Waals surface area (Å²) in [7, 11) is -3.03. The fourth-order valence-corrected chi connectivity index (χ4v) is 4.55. The van der Waals surface area contributed by atoms with Gasteiger partial charge in [0.2, 0.25) is 10.0 Å². The van der Waals surface area contributed by atoms with E-state index in [4.69, 9.17) is 0 Å². The SMILES string of the molecule is CC(C)N(CC1CCCCN1)S(=O)(=O)C1CC1. The van der Waals surface area contributed by atoms with Crippen LogP contribution in [0.25, 0.3) is 0 Å². The van der Waals surface area contributed by atoms with Crippen molar-refractivity contribution < 1.29 is 8.42 Å². The molecule has 1 unspecified atom stereocenters. The molecule has 0 radical (unpaired) electrons. The molecule has 2 rings (SSSR count). The lowest BCUT2D eigenvalue weighted by Crippen LogP contribution is -2.49. The van der Waals surface area contributed by atoms with Crippen LogP contribution in [-0.4, -0.2) is 43.1 Å². The molecular weight excluding hydrogens is 236 g/mol. The minimum atomic E-state index is -3.03. The van der Waals surface area contributed by atoms with Gasteiger partial charge in [0.15, 0.2) is 0 Å². The summed E-state index contributed by atoms with van der Waals surface area (Å²) in [6.45, 7) is 5.63. The molecule has 1 saturated heterocycles. The monoisotopic (exact) mass is 260 g/mol. The van der Waals surface area contributed by atoms with Crippen LogP contribution in [0.1, 0.15) is 46.0 Å². The highest BCUT2D eigenvalue weighted by Crippen LogP contribution is 2.32. The Morgan fingerprint density at radius 2 is 1.94 bits per heavy atom. The zero-order valence-electron chi connectivity index (χ0n) is 10.9. The number of hydrogen-bond acceptors (Lipinski definition) is 3. The lowest BCUT2D eigenvalue weighted by atomic mass is 10.1. The first-order valence-corrected chi connectivity index (χ1v) is 8.26. The second kappa shape index (κ2) is 5.24. The van der Waals surface area contributed by atoms with Crippen molar-refractivity contribution in [3.8, 4) is 0 Å². The van der Waals surface area contributed by atoms with Gasteiger partial charge in [-0.05, 0) is 46.1 Å². The highest BCUT2D eigenvalue weighted by atomic mass is 32.2. The molecule has 0 aromatic carbocycles. The largest absolute Gasteiger partial charge is 0.313 e. The Kier molecular flexibility index (Phi) is 4.10. The van der Waals surface area contributed by atoms with Crippen molar-refractivity contribution in [1.29, 1.82) is 0 Å². The highest BCUT2D eigenvalue weighted by Gasteiger charge is 2.41. The lowest BCUT2D eigenvalue weighted by Gasteiger charge is -2.32. The van der Waals surface area contributed by atoms with Gasteiger partial charge in [-0.15, -0.1) is 0 Å². The van der Waals surface area contributed by atoms with Crippen LogP contribution >= 0.6 is 0 Å². The van der Waals surface area contributed by atoms with Crippen LogP contribution in [0.15, 0.2) is 0 Å². The molecule has 1 aliphatic heterocycles. The quantitative estimate of drug-likeness (QED) is 0.811. The van der Waals surface area contributed by atoms with Crippen molar-refractivity contribution in [2.75, 3.05) is 13.1 Å². The number of sulfonamides is 1. The van der Waals surface area contributed by atoms with Crippen molar-refractivity contribution >= 4 is 10.0 Å². The zero-order chi connectivity index (χ0) is 12.5. The van der Waals surface area contributed by atoms with E-state index in [2.05, 4.69) is 5.32 Å². The molecule has 4 nitrogen and oxygen atoms in total. The summed E-state index contributed by atoms with van der Waals surface area (Å²) >= 11 is 0. The molecule has 0 bridgehead atoms. The summed E-state index contributed by atoms with van der Waals surface area (Å²) in [5.41, 5.74) is 0. The Bertz CT molecular complexity index is 344. The van der Waals surface area contributed by atoms with Gasteiger partial charge in [0.25, 0.3) is 0 Å². The van der Waals surface area contributed by atoms with Crippen LogP contribution < -0.4 is 5.32 Å². The Balaban J connectivity index is 2.01. The maximum atomic E-state index is 12.3. The molecule has 2 fully saturated rings. The topological polar surface area (TPSA) is 49.4 Å². The minimum absolute atomic E-state index is 0.0735. The molecule has 0 amide bonds. The van der Waals surface area contributed by atoms with Crippen molar-refractivity contribution in [3.63, 3.8) is 0 Å². The third-order valence-electron chi connectivity index (χ3n) is 3.66. The summed E-state index contributed by atoms with van der Waals surface area (Å²) in [6.07, 6.45) is 5.23. The summed E-state index contributed by atoms with van der Waals surface area (Å²) in [5.74, 6) is 0. The van der Waals surface area contributed by atoms with E-state index in [0.717, 1.165) is 25.8 Å². The molecule has 1 atom stereocenters. The number of nitrogens with one attached hydrogen (secondary N) is 1. The molecule has 2 aliphatic rings. The minimum Gasteiger partial charge on any atom is -0.313 e. The van der Waals surface area contributed by atoms with Gasteiger partial charge in [0.1, 0.15) is 0 Å². The van der Waals surface area contributed by atoms with E-state index in [0.29, 0.717) is 12.6 Å². The Morgan fingerprint density at radius 1 is 1.24 bits per heavy atom. The summed E-state index contributed by atoms with van der Waals surface area (Å²) in [6, 6.07) is 0.420. The molecule has 0 aromatic heterocycles. The Morgan fingerprint density at radius 3 is 2.41 bits per heavy atom. The average Bonchev–Trinajstić information content (AvgIpc) is 3.10. The predicted molar refractivity (Wildman–Crippen MR) is 69.4 cm³/mol. The molecule has 100 valence electrons. The number of nitrogens with zero attached hydrogens (tertiary/aromatic N) is 1. The van der Waals surface area contributed by atoms with Crippen LogP contribution in [-0.2, 0) is 10.0 Å². The molecular formula is C12H24N2O2S. The second-order valence-electron chi connectivity index (χ2n) is 5.55. The zero-order valence-corrected chi connectivity index (χ0v) is 11.7. The van der Waals surface area contributed by atoms with Gasteiger partial charge in [-0.25, -0.2) is 8.42 Å². The van der Waals surface area contributed by atoms with E-state index in [1.807, 2.05) is 13.8 Å². The number of hydrogen-bond donors (Lipinski definition) is 1. The van der Waals surface area contributed by atoms with Crippen LogP contribution in [0, 0.1) is 0 Å². The lowest BCUT2D eigenvalue weighted by molar-refractivity contribution is 0.282. The Hall–Kier alpha value is -0.130. The number of rotatable bonds is 5. The van der Waals surface area contributed by atoms with Crippen LogP contribution in [0.3, 0.4) is 0 Å². The average molecular weight is 260 g/mol. The second-order valence-corrected chi connectivity index (χ2v) is 7.72. The smallest absolute Gasteiger partial charge is 0.217 e. The first-order chi connectivity index (χ1) is 8.01. The molecule has 5 heteroatoms. The van der Waals surface area contributed by atoms with Gasteiger partial charge in [-0.2, -0.15) is 4.31 Å². The predicted octanol–water partition coefficient (Wildman–Crippen LogP) is 1.33. The van der Waals surface area contributed by atoms with E-state index in [1.54, 1.807) is 4.31 Å². The molecule has 1 N–H and O–H groups in total. The highest BCUT2D eigenvalue weighted by molar-refractivity contribution is 7.90. The summed E-state index contributed by atoms with van der Waals surface area (Å²) < 4.78 is 26.3. The van der Waals surface area contributed by atoms with Gasteiger partial charge in [-0.3, -0.25) is 0 Å². The first kappa shape index (κ1) is 13.3. The number of piperidine rings is 1. The third-order valence-corrected chi connectivity index (χ3v) is 6.20. The van der Waals surface area contributed by atoms with E-state index < -0.39 is 10.0 Å². The van der Waals surface area contributed by atoms with Gasteiger partial charge >= 0.3 is 0 Å². The van der Waals surface area contributed by atoms with Crippen molar-refractivity contribution in [1.82, 2.24) is 9.62 Å². The van der Waals surface area contributed by atoms with Crippen LogP contribution in [0.2, 0.25) is 0 Å². The van der Waals surface area contributed by atoms with Crippen molar-refractivity contribution in [3.05, 3.63) is 0 Å². The normalized spacial score (nSPS) is 26.7. The van der Waals surface area contributed by atoms with E-state index in [1.165, 1.54) is 12.8 Å².